The summed E-state index contributed by atoms with van der Waals surface area (Å²) in [6, 6.07) is 3.82. The largest absolute Gasteiger partial charge is 0.496 e. The average Bonchev–Trinajstić information content (AvgIpc) is 2.68. The van der Waals surface area contributed by atoms with Crippen molar-refractivity contribution in [3.05, 3.63) is 39.8 Å². The molecule has 0 aliphatic carbocycles. The first-order chi connectivity index (χ1) is 8.89. The Kier molecular flexibility index (Phi) is 3.43. The molecule has 1 aliphatic heterocycles. The van der Waals surface area contributed by atoms with Crippen molar-refractivity contribution in [2.45, 2.75) is 6.04 Å². The van der Waals surface area contributed by atoms with Crippen LogP contribution in [0.5, 0.6) is 5.75 Å². The third-order valence-corrected chi connectivity index (χ3v) is 4.02. The zero-order valence-corrected chi connectivity index (χ0v) is 10.9. The molecule has 1 N–H and O–H groups in total. The minimum Gasteiger partial charge on any atom is -0.496 e. The van der Waals surface area contributed by atoms with Crippen LogP contribution in [0.2, 0.25) is 0 Å². The fourth-order valence-corrected chi connectivity index (χ4v) is 3.00. The van der Waals surface area contributed by atoms with Gasteiger partial charge in [0, 0.05) is 23.2 Å². The predicted octanol–water partition coefficient (Wildman–Crippen LogP) is 1.33. The van der Waals surface area contributed by atoms with Crippen LogP contribution in [-0.4, -0.2) is 32.2 Å². The van der Waals surface area contributed by atoms with Crippen LogP contribution < -0.4 is 10.1 Å². The van der Waals surface area contributed by atoms with Crippen LogP contribution in [0.25, 0.3) is 0 Å². The van der Waals surface area contributed by atoms with Crippen LogP contribution in [0.1, 0.15) is 0 Å². The molecule has 0 radical (unpaired) electrons. The molecule has 19 heavy (non-hydrogen) atoms. The molecule has 1 atom stereocenters. The van der Waals surface area contributed by atoms with E-state index in [4.69, 9.17) is 4.74 Å². The number of non-ortho nitro benzene ring substituents is 1. The first-order valence-corrected chi connectivity index (χ1v) is 7.12. The summed E-state index contributed by atoms with van der Waals surface area (Å²) >= 11 is 0. The smallest absolute Gasteiger partial charge is 0.275 e. The Morgan fingerprint density at radius 2 is 2.16 bits per heavy atom. The number of nitro benzene ring substituents is 1. The van der Waals surface area contributed by atoms with E-state index < -0.39 is 20.8 Å². The summed E-state index contributed by atoms with van der Waals surface area (Å²) in [6.45, 7) is 0. The van der Waals surface area contributed by atoms with Crippen molar-refractivity contribution in [1.29, 1.82) is 0 Å². The molecule has 2 rings (SSSR count). The van der Waals surface area contributed by atoms with E-state index in [9.17, 15) is 18.5 Å². The van der Waals surface area contributed by atoms with Crippen molar-refractivity contribution < 1.29 is 18.1 Å². The summed E-state index contributed by atoms with van der Waals surface area (Å²) in [5, 5.41) is 14.8. The summed E-state index contributed by atoms with van der Waals surface area (Å²) in [5.41, 5.74) is 0.324. The van der Waals surface area contributed by atoms with E-state index in [1.54, 1.807) is 6.07 Å². The summed E-state index contributed by atoms with van der Waals surface area (Å²) in [5.74, 6) is 0.277. The van der Waals surface area contributed by atoms with E-state index in [2.05, 4.69) is 5.32 Å². The zero-order valence-electron chi connectivity index (χ0n) is 10.1. The van der Waals surface area contributed by atoms with E-state index in [0.717, 1.165) is 5.41 Å². The molecule has 102 valence electrons. The third-order valence-electron chi connectivity index (χ3n) is 2.62. The van der Waals surface area contributed by atoms with E-state index >= 15 is 0 Å². The Labute approximate surface area is 110 Å². The Morgan fingerprint density at radius 3 is 2.68 bits per heavy atom. The topological polar surface area (TPSA) is 98.5 Å². The minimum absolute atomic E-state index is 0.0575. The maximum atomic E-state index is 11.3. The molecule has 1 unspecified atom stereocenters. The number of hydrogen-bond donors (Lipinski definition) is 1. The molecule has 0 amide bonds. The Hall–Kier alpha value is -2.09. The number of anilines is 1. The molecule has 1 heterocycles. The van der Waals surface area contributed by atoms with Crippen molar-refractivity contribution in [1.82, 2.24) is 0 Å². The molecule has 7 nitrogen and oxygen atoms in total. The summed E-state index contributed by atoms with van der Waals surface area (Å²) in [4.78, 5) is 10.2. The summed E-state index contributed by atoms with van der Waals surface area (Å²) in [7, 11) is -1.76. The van der Waals surface area contributed by atoms with E-state index in [1.165, 1.54) is 25.3 Å². The monoisotopic (exact) mass is 284 g/mol. The lowest BCUT2D eigenvalue weighted by Crippen LogP contribution is -2.20. The van der Waals surface area contributed by atoms with Gasteiger partial charge in [0.15, 0.2) is 9.84 Å². The first-order valence-electron chi connectivity index (χ1n) is 5.40. The van der Waals surface area contributed by atoms with Crippen molar-refractivity contribution in [2.75, 3.05) is 18.2 Å². The molecule has 0 saturated heterocycles. The second kappa shape index (κ2) is 4.88. The van der Waals surface area contributed by atoms with Gasteiger partial charge in [0.1, 0.15) is 5.75 Å². The lowest BCUT2D eigenvalue weighted by molar-refractivity contribution is -0.384. The fraction of sp³-hybridized carbons (Fsp3) is 0.273. The Morgan fingerprint density at radius 1 is 1.42 bits per heavy atom. The molecular formula is C11H12N2O5S. The number of methoxy groups -OCH3 is 1. The average molecular weight is 284 g/mol. The van der Waals surface area contributed by atoms with Gasteiger partial charge >= 0.3 is 0 Å². The van der Waals surface area contributed by atoms with Gasteiger partial charge < -0.3 is 10.1 Å². The van der Waals surface area contributed by atoms with E-state index in [0.29, 0.717) is 11.4 Å². The number of nitrogens with zero attached hydrogens (tertiary/aromatic N) is 1. The predicted molar refractivity (Wildman–Crippen MR) is 70.0 cm³/mol. The number of nitro groups is 1. The van der Waals surface area contributed by atoms with Crippen molar-refractivity contribution in [3.8, 4) is 5.75 Å². The van der Waals surface area contributed by atoms with Gasteiger partial charge in [-0.1, -0.05) is 6.08 Å². The lowest BCUT2D eigenvalue weighted by Gasteiger charge is -2.12. The quantitative estimate of drug-likeness (QED) is 0.661. The van der Waals surface area contributed by atoms with Crippen LogP contribution in [0.3, 0.4) is 0 Å². The maximum absolute atomic E-state index is 11.3. The van der Waals surface area contributed by atoms with Gasteiger partial charge in [0.05, 0.1) is 29.9 Å². The molecule has 8 heteroatoms. The first kappa shape index (κ1) is 13.3. The van der Waals surface area contributed by atoms with E-state index in [-0.39, 0.29) is 11.4 Å². The molecule has 0 bridgehead atoms. The SMILES string of the molecule is COc1cc(NC2C=CS(=O)(=O)C2)cc([N+](=O)[O-])c1. The van der Waals surface area contributed by atoms with Crippen LogP contribution in [0, 0.1) is 10.1 Å². The number of sulfone groups is 1. The summed E-state index contributed by atoms with van der Waals surface area (Å²) in [6.07, 6.45) is 1.51. The van der Waals surface area contributed by atoms with Crippen molar-refractivity contribution >= 4 is 21.2 Å². The van der Waals surface area contributed by atoms with Gasteiger partial charge in [-0.3, -0.25) is 10.1 Å². The second-order valence-electron chi connectivity index (χ2n) is 4.09. The van der Waals surface area contributed by atoms with Gasteiger partial charge in [-0.05, 0) is 0 Å². The molecule has 0 fully saturated rings. The fourth-order valence-electron chi connectivity index (χ4n) is 1.77. The van der Waals surface area contributed by atoms with Gasteiger partial charge in [0.2, 0.25) is 0 Å². The Balaban J connectivity index is 2.23. The normalized spacial score (nSPS) is 20.2. The minimum atomic E-state index is -3.17. The van der Waals surface area contributed by atoms with Crippen molar-refractivity contribution in [3.63, 3.8) is 0 Å². The highest BCUT2D eigenvalue weighted by Gasteiger charge is 2.22. The van der Waals surface area contributed by atoms with Gasteiger partial charge in [-0.15, -0.1) is 0 Å². The number of rotatable bonds is 4. The number of benzene rings is 1. The van der Waals surface area contributed by atoms with Crippen LogP contribution in [0.4, 0.5) is 11.4 Å². The molecule has 0 aromatic heterocycles. The molecule has 1 aromatic rings. The van der Waals surface area contributed by atoms with E-state index in [1.807, 2.05) is 0 Å². The molecule has 0 saturated carbocycles. The van der Waals surface area contributed by atoms with Crippen LogP contribution >= 0.6 is 0 Å². The second-order valence-corrected chi connectivity index (χ2v) is 6.02. The molecular weight excluding hydrogens is 272 g/mol. The standard InChI is InChI=1S/C11H12N2O5S/c1-18-11-5-9(4-10(6-11)13(14)15)12-8-2-3-19(16,17)7-8/h2-6,8,12H,7H2,1H3. The molecule has 0 spiro atoms. The number of hydrogen-bond acceptors (Lipinski definition) is 6. The van der Waals surface area contributed by atoms with Crippen molar-refractivity contribution in [2.24, 2.45) is 0 Å². The number of nitrogens with one attached hydrogen (secondary N) is 1. The Bertz CT molecular complexity index is 638. The van der Waals surface area contributed by atoms with Crippen LogP contribution in [-0.2, 0) is 9.84 Å². The maximum Gasteiger partial charge on any atom is 0.275 e. The van der Waals surface area contributed by atoms with Crippen LogP contribution in [0.15, 0.2) is 29.7 Å². The number of ether oxygens (including phenoxy) is 1. The molecule has 1 aliphatic rings. The van der Waals surface area contributed by atoms with Gasteiger partial charge in [0.25, 0.3) is 5.69 Å². The zero-order chi connectivity index (χ0) is 14.0. The third kappa shape index (κ3) is 3.22. The summed E-state index contributed by atoms with van der Waals surface area (Å²) < 4.78 is 27.5. The molecule has 1 aromatic carbocycles. The highest BCUT2D eigenvalue weighted by Crippen LogP contribution is 2.27. The highest BCUT2D eigenvalue weighted by atomic mass is 32.2. The van der Waals surface area contributed by atoms with Gasteiger partial charge in [-0.2, -0.15) is 0 Å². The lowest BCUT2D eigenvalue weighted by atomic mass is 10.2. The highest BCUT2D eigenvalue weighted by molar-refractivity contribution is 7.94. The van der Waals surface area contributed by atoms with Gasteiger partial charge in [-0.25, -0.2) is 8.42 Å².